The summed E-state index contributed by atoms with van der Waals surface area (Å²) in [5, 5.41) is 7.03. The highest BCUT2D eigenvalue weighted by Gasteiger charge is 2.09. The molecule has 0 aliphatic carbocycles. The molecule has 146 valence electrons. The van der Waals surface area contributed by atoms with Gasteiger partial charge in [-0.05, 0) is 55.7 Å². The van der Waals surface area contributed by atoms with Crippen molar-refractivity contribution in [2.24, 2.45) is 10.1 Å². The zero-order valence-corrected chi connectivity index (χ0v) is 17.8. The largest absolute Gasteiger partial charge is 0.306 e. The topological polar surface area (TPSA) is 47.5 Å². The van der Waals surface area contributed by atoms with Crippen LogP contribution in [0.25, 0.3) is 16.9 Å². The van der Waals surface area contributed by atoms with Gasteiger partial charge in [0.05, 0.1) is 17.7 Å². The SMILES string of the molecule is CN=c1scc(-c2ccc(C)c(C)c2)n1N=C(C)c1ccc(-n2ccnc2)cc1. The summed E-state index contributed by atoms with van der Waals surface area (Å²) < 4.78 is 3.92. The average molecular weight is 402 g/mol. The van der Waals surface area contributed by atoms with Gasteiger partial charge < -0.3 is 4.57 Å². The second-order valence-electron chi connectivity index (χ2n) is 6.94. The third kappa shape index (κ3) is 3.84. The number of benzene rings is 2. The summed E-state index contributed by atoms with van der Waals surface area (Å²) in [7, 11) is 1.80. The second kappa shape index (κ2) is 8.01. The molecule has 2 aromatic heterocycles. The normalized spacial score (nSPS) is 12.6. The summed E-state index contributed by atoms with van der Waals surface area (Å²) >= 11 is 1.60. The molecular weight excluding hydrogens is 378 g/mol. The van der Waals surface area contributed by atoms with Gasteiger partial charge in [-0.2, -0.15) is 5.10 Å². The van der Waals surface area contributed by atoms with E-state index in [0.717, 1.165) is 33.0 Å². The molecule has 29 heavy (non-hydrogen) atoms. The number of imidazole rings is 1. The highest BCUT2D eigenvalue weighted by Crippen LogP contribution is 2.23. The van der Waals surface area contributed by atoms with E-state index < -0.39 is 0 Å². The molecule has 0 N–H and O–H groups in total. The third-order valence-corrected chi connectivity index (χ3v) is 5.92. The molecule has 0 radical (unpaired) electrons. The van der Waals surface area contributed by atoms with Gasteiger partial charge in [-0.25, -0.2) is 9.66 Å². The monoisotopic (exact) mass is 401 g/mol. The van der Waals surface area contributed by atoms with E-state index in [-0.39, 0.29) is 0 Å². The van der Waals surface area contributed by atoms with E-state index in [1.165, 1.54) is 11.1 Å². The summed E-state index contributed by atoms with van der Waals surface area (Å²) in [5.41, 5.74) is 7.82. The number of hydrogen-bond donors (Lipinski definition) is 0. The first-order valence-electron chi connectivity index (χ1n) is 9.42. The van der Waals surface area contributed by atoms with E-state index in [9.17, 15) is 0 Å². The Morgan fingerprint density at radius 2 is 1.83 bits per heavy atom. The molecule has 0 unspecified atom stereocenters. The van der Waals surface area contributed by atoms with Gasteiger partial charge in [0.15, 0.2) is 0 Å². The van der Waals surface area contributed by atoms with Crippen molar-refractivity contribution in [3.63, 3.8) is 0 Å². The Hall–Kier alpha value is -3.25. The molecule has 0 saturated carbocycles. The molecule has 4 rings (SSSR count). The maximum atomic E-state index is 4.91. The molecule has 0 aliphatic heterocycles. The molecule has 0 bridgehead atoms. The molecule has 6 heteroatoms. The summed E-state index contributed by atoms with van der Waals surface area (Å²) in [6, 6.07) is 14.8. The summed E-state index contributed by atoms with van der Waals surface area (Å²) in [5.74, 6) is 0. The zero-order chi connectivity index (χ0) is 20.4. The Labute approximate surface area is 174 Å². The molecule has 0 aliphatic rings. The maximum absolute atomic E-state index is 4.91. The van der Waals surface area contributed by atoms with Crippen molar-refractivity contribution in [1.29, 1.82) is 0 Å². The standard InChI is InChI=1S/C23H23N5S/c1-16-5-6-20(13-17(16)2)22-14-29-23(24-4)28(22)26-18(3)19-7-9-21(10-8-19)27-12-11-25-15-27/h5-15H,1-4H3. The van der Waals surface area contributed by atoms with Crippen molar-refractivity contribution in [2.75, 3.05) is 7.05 Å². The number of aromatic nitrogens is 3. The van der Waals surface area contributed by atoms with Crippen LogP contribution in [0, 0.1) is 13.8 Å². The number of hydrogen-bond acceptors (Lipinski definition) is 4. The average Bonchev–Trinajstić information content (AvgIpc) is 3.40. The van der Waals surface area contributed by atoms with Crippen LogP contribution in [0.15, 0.2) is 76.7 Å². The lowest BCUT2D eigenvalue weighted by molar-refractivity contribution is 0.842. The summed E-state index contributed by atoms with van der Waals surface area (Å²) in [6.07, 6.45) is 5.50. The van der Waals surface area contributed by atoms with Crippen LogP contribution < -0.4 is 4.80 Å². The first-order chi connectivity index (χ1) is 14.1. The van der Waals surface area contributed by atoms with Gasteiger partial charge in [0.1, 0.15) is 0 Å². The Morgan fingerprint density at radius 1 is 1.03 bits per heavy atom. The van der Waals surface area contributed by atoms with Crippen molar-refractivity contribution < 1.29 is 0 Å². The van der Waals surface area contributed by atoms with E-state index in [4.69, 9.17) is 5.10 Å². The van der Waals surface area contributed by atoms with Crippen LogP contribution in [0.5, 0.6) is 0 Å². The van der Waals surface area contributed by atoms with Crippen molar-refractivity contribution in [3.8, 4) is 16.9 Å². The highest BCUT2D eigenvalue weighted by atomic mass is 32.1. The van der Waals surface area contributed by atoms with Gasteiger partial charge in [0, 0.05) is 36.1 Å². The van der Waals surface area contributed by atoms with Crippen LogP contribution in [-0.2, 0) is 0 Å². The predicted molar refractivity (Wildman–Crippen MR) is 120 cm³/mol. The van der Waals surface area contributed by atoms with Crippen LogP contribution in [0.1, 0.15) is 23.6 Å². The molecule has 5 nitrogen and oxygen atoms in total. The minimum atomic E-state index is 0.868. The van der Waals surface area contributed by atoms with E-state index >= 15 is 0 Å². The molecule has 0 fully saturated rings. The maximum Gasteiger partial charge on any atom is 0.205 e. The van der Waals surface area contributed by atoms with E-state index in [1.807, 2.05) is 22.4 Å². The van der Waals surface area contributed by atoms with Gasteiger partial charge in [0.2, 0.25) is 4.80 Å². The fourth-order valence-electron chi connectivity index (χ4n) is 3.14. The Balaban J connectivity index is 1.73. The lowest BCUT2D eigenvalue weighted by Crippen LogP contribution is -2.13. The van der Waals surface area contributed by atoms with Gasteiger partial charge in [0.25, 0.3) is 0 Å². The zero-order valence-electron chi connectivity index (χ0n) is 17.0. The van der Waals surface area contributed by atoms with Gasteiger partial charge in [-0.15, -0.1) is 11.3 Å². The molecular formula is C23H23N5S. The molecule has 0 spiro atoms. The fraction of sp³-hybridized carbons (Fsp3) is 0.174. The molecule has 2 heterocycles. The molecule has 0 atom stereocenters. The van der Waals surface area contributed by atoms with Crippen molar-refractivity contribution in [3.05, 3.63) is 88.1 Å². The lowest BCUT2D eigenvalue weighted by Gasteiger charge is -2.09. The summed E-state index contributed by atoms with van der Waals surface area (Å²) in [4.78, 5) is 9.39. The van der Waals surface area contributed by atoms with Crippen molar-refractivity contribution in [1.82, 2.24) is 14.2 Å². The van der Waals surface area contributed by atoms with Crippen LogP contribution in [-0.4, -0.2) is 27.0 Å². The van der Waals surface area contributed by atoms with Gasteiger partial charge in [-0.3, -0.25) is 4.99 Å². The Kier molecular flexibility index (Phi) is 5.27. The highest BCUT2D eigenvalue weighted by molar-refractivity contribution is 7.07. The van der Waals surface area contributed by atoms with Crippen LogP contribution in [0.4, 0.5) is 0 Å². The molecule has 4 aromatic rings. The molecule has 2 aromatic carbocycles. The van der Waals surface area contributed by atoms with E-state index in [0.29, 0.717) is 0 Å². The predicted octanol–water partition coefficient (Wildman–Crippen LogP) is 4.82. The number of thiazole rings is 1. The van der Waals surface area contributed by atoms with Gasteiger partial charge >= 0.3 is 0 Å². The Morgan fingerprint density at radius 3 is 2.48 bits per heavy atom. The van der Waals surface area contributed by atoms with Crippen LogP contribution in [0.2, 0.25) is 0 Å². The van der Waals surface area contributed by atoms with Gasteiger partial charge in [-0.1, -0.05) is 24.3 Å². The van der Waals surface area contributed by atoms with Crippen LogP contribution in [0.3, 0.4) is 0 Å². The second-order valence-corrected chi connectivity index (χ2v) is 7.78. The Bertz CT molecular complexity index is 1230. The fourth-order valence-corrected chi connectivity index (χ4v) is 3.94. The van der Waals surface area contributed by atoms with E-state index in [1.54, 1.807) is 30.9 Å². The number of rotatable bonds is 4. The first-order valence-corrected chi connectivity index (χ1v) is 10.3. The third-order valence-electron chi connectivity index (χ3n) is 5.02. The lowest BCUT2D eigenvalue weighted by atomic mass is 10.1. The summed E-state index contributed by atoms with van der Waals surface area (Å²) in [6.45, 7) is 6.29. The number of aryl methyl sites for hydroxylation is 2. The quantitative estimate of drug-likeness (QED) is 0.452. The van der Waals surface area contributed by atoms with Crippen molar-refractivity contribution in [2.45, 2.75) is 20.8 Å². The van der Waals surface area contributed by atoms with E-state index in [2.05, 4.69) is 71.7 Å². The molecule has 0 amide bonds. The first kappa shape index (κ1) is 19.1. The van der Waals surface area contributed by atoms with Crippen LogP contribution >= 0.6 is 11.3 Å². The minimum Gasteiger partial charge on any atom is -0.306 e. The van der Waals surface area contributed by atoms with Crippen molar-refractivity contribution >= 4 is 17.0 Å². The number of nitrogens with zero attached hydrogens (tertiary/aromatic N) is 5. The smallest absolute Gasteiger partial charge is 0.205 e. The molecule has 0 saturated heterocycles. The minimum absolute atomic E-state index is 0.868.